The molecule has 0 spiro atoms. The third-order valence-electron chi connectivity index (χ3n) is 5.80. The Morgan fingerprint density at radius 3 is 2.63 bits per heavy atom. The number of halogens is 2. The maximum absolute atomic E-state index is 14.4. The van der Waals surface area contributed by atoms with Crippen molar-refractivity contribution in [1.82, 2.24) is 14.1 Å². The fourth-order valence-corrected chi connectivity index (χ4v) is 4.42. The van der Waals surface area contributed by atoms with E-state index in [0.717, 1.165) is 40.9 Å². The first kappa shape index (κ1) is 23.0. The first-order valence-electron chi connectivity index (χ1n) is 10.8. The van der Waals surface area contributed by atoms with Crippen LogP contribution in [0.25, 0.3) is 22.4 Å². The Morgan fingerprint density at radius 1 is 1.23 bits per heavy atom. The number of thiazole rings is 1. The number of aromatic nitrogens is 3. The number of fused-ring (bicyclic) bond motifs is 1. The lowest BCUT2D eigenvalue weighted by Gasteiger charge is -2.09. The summed E-state index contributed by atoms with van der Waals surface area (Å²) in [5.41, 5.74) is -0.221. The van der Waals surface area contributed by atoms with Crippen LogP contribution in [0.2, 0.25) is 0 Å². The van der Waals surface area contributed by atoms with Crippen LogP contribution >= 0.6 is 11.3 Å². The van der Waals surface area contributed by atoms with E-state index >= 15 is 0 Å². The summed E-state index contributed by atoms with van der Waals surface area (Å²) in [5.74, 6) is -2.16. The van der Waals surface area contributed by atoms with Gasteiger partial charge in [0.25, 0.3) is 5.56 Å². The van der Waals surface area contributed by atoms with Crippen LogP contribution in [0.1, 0.15) is 18.4 Å². The van der Waals surface area contributed by atoms with Gasteiger partial charge in [-0.2, -0.15) is 0 Å². The monoisotopic (exact) mass is 502 g/mol. The molecule has 1 fully saturated rings. The predicted molar refractivity (Wildman–Crippen MR) is 125 cm³/mol. The Balaban J connectivity index is 1.32. The number of anilines is 1. The molecule has 3 heterocycles. The third kappa shape index (κ3) is 4.36. The zero-order valence-electron chi connectivity index (χ0n) is 18.8. The Kier molecular flexibility index (Phi) is 5.75. The van der Waals surface area contributed by atoms with Crippen molar-refractivity contribution in [1.29, 1.82) is 0 Å². The topological polar surface area (TPSA) is 108 Å². The number of benzene rings is 1. The van der Waals surface area contributed by atoms with Crippen LogP contribution in [-0.2, 0) is 25.3 Å². The van der Waals surface area contributed by atoms with Gasteiger partial charge in [0.1, 0.15) is 5.39 Å². The number of ether oxygens (including phenoxy) is 1. The van der Waals surface area contributed by atoms with Crippen molar-refractivity contribution in [3.63, 3.8) is 0 Å². The molecule has 1 aliphatic carbocycles. The van der Waals surface area contributed by atoms with Crippen molar-refractivity contribution in [2.75, 3.05) is 11.9 Å². The number of nitrogens with zero attached hydrogens (tertiary/aromatic N) is 3. The number of hydrogen-bond acceptors (Lipinski definition) is 7. The number of hydrogen-bond donors (Lipinski definition) is 1. The lowest BCUT2D eigenvalue weighted by molar-refractivity contribution is -0.115. The van der Waals surface area contributed by atoms with Gasteiger partial charge in [0.2, 0.25) is 11.6 Å². The molecule has 1 amide bonds. The summed E-state index contributed by atoms with van der Waals surface area (Å²) in [6, 6.07) is 2.28. The minimum Gasteiger partial charge on any atom is -0.487 e. The molecule has 35 heavy (non-hydrogen) atoms. The molecular formula is C23H20F2N4O5S. The fourth-order valence-electron chi connectivity index (χ4n) is 3.69. The van der Waals surface area contributed by atoms with Gasteiger partial charge >= 0.3 is 5.69 Å². The molecule has 1 aliphatic rings. The molecule has 0 bridgehead atoms. The average molecular weight is 502 g/mol. The SMILES string of the molecule is Cn1c(=O)c2c(CC(=O)Nc3nc(-c4cc(F)c(OCC5CC5)c(F)c4)cs3)coc2n(C)c1=O. The van der Waals surface area contributed by atoms with E-state index in [4.69, 9.17) is 9.15 Å². The Labute approximate surface area is 200 Å². The lowest BCUT2D eigenvalue weighted by Crippen LogP contribution is -2.36. The second-order valence-electron chi connectivity index (χ2n) is 8.43. The van der Waals surface area contributed by atoms with E-state index in [9.17, 15) is 23.2 Å². The average Bonchev–Trinajstić information content (AvgIpc) is 3.37. The normalized spacial score (nSPS) is 13.4. The van der Waals surface area contributed by atoms with Crippen molar-refractivity contribution in [2.24, 2.45) is 20.0 Å². The minimum absolute atomic E-state index is 0.0750. The summed E-state index contributed by atoms with van der Waals surface area (Å²) in [4.78, 5) is 41.4. The molecule has 1 N–H and O–H groups in total. The lowest BCUT2D eigenvalue weighted by atomic mass is 10.1. The molecule has 1 aromatic carbocycles. The molecule has 4 aromatic rings. The van der Waals surface area contributed by atoms with E-state index in [1.165, 1.54) is 24.9 Å². The first-order chi connectivity index (χ1) is 16.7. The molecule has 0 aliphatic heterocycles. The van der Waals surface area contributed by atoms with Crippen molar-refractivity contribution in [2.45, 2.75) is 19.3 Å². The van der Waals surface area contributed by atoms with Crippen LogP contribution in [0.5, 0.6) is 5.75 Å². The maximum atomic E-state index is 14.4. The molecular weight excluding hydrogens is 482 g/mol. The predicted octanol–water partition coefficient (Wildman–Crippen LogP) is 3.20. The Hall–Kier alpha value is -3.80. The second-order valence-corrected chi connectivity index (χ2v) is 9.29. The highest BCUT2D eigenvalue weighted by molar-refractivity contribution is 7.14. The van der Waals surface area contributed by atoms with Crippen molar-refractivity contribution in [3.8, 4) is 17.0 Å². The van der Waals surface area contributed by atoms with E-state index in [-0.39, 0.29) is 40.5 Å². The summed E-state index contributed by atoms with van der Waals surface area (Å²) in [6.07, 6.45) is 3.06. The first-order valence-corrected chi connectivity index (χ1v) is 11.6. The number of rotatable bonds is 7. The summed E-state index contributed by atoms with van der Waals surface area (Å²) in [5, 5.41) is 4.53. The van der Waals surface area contributed by atoms with Gasteiger partial charge in [0.15, 0.2) is 22.5 Å². The summed E-state index contributed by atoms with van der Waals surface area (Å²) >= 11 is 1.08. The van der Waals surface area contributed by atoms with Crippen LogP contribution in [0.4, 0.5) is 13.9 Å². The molecule has 0 atom stereocenters. The Bertz CT molecular complexity index is 1560. The van der Waals surface area contributed by atoms with Crippen LogP contribution in [0.3, 0.4) is 0 Å². The molecule has 9 nitrogen and oxygen atoms in total. The highest BCUT2D eigenvalue weighted by Gasteiger charge is 2.24. The van der Waals surface area contributed by atoms with Gasteiger partial charge in [-0.15, -0.1) is 11.3 Å². The number of carbonyl (C=O) groups is 1. The van der Waals surface area contributed by atoms with E-state index in [2.05, 4.69) is 10.3 Å². The standard InChI is InChI=1S/C23H20F2N4O5S/c1-28-20(31)18-13(9-34-21(18)29(2)23(28)32)7-17(30)27-22-26-16(10-35-22)12-5-14(24)19(15(25)6-12)33-8-11-3-4-11/h5-6,9-11H,3-4,7-8H2,1-2H3,(H,26,27,30). The van der Waals surface area contributed by atoms with Crippen molar-refractivity contribution >= 4 is 33.5 Å². The van der Waals surface area contributed by atoms with Gasteiger partial charge in [-0.05, 0) is 30.9 Å². The van der Waals surface area contributed by atoms with E-state index in [0.29, 0.717) is 11.5 Å². The molecule has 0 unspecified atom stereocenters. The number of aryl methyl sites for hydroxylation is 1. The summed E-state index contributed by atoms with van der Waals surface area (Å²) in [7, 11) is 2.81. The fraction of sp³-hybridized carbons (Fsp3) is 0.304. The zero-order valence-corrected chi connectivity index (χ0v) is 19.6. The van der Waals surface area contributed by atoms with Crippen molar-refractivity contribution < 1.29 is 22.7 Å². The number of furan rings is 1. The zero-order chi connectivity index (χ0) is 24.9. The van der Waals surface area contributed by atoms with Crippen molar-refractivity contribution in [3.05, 3.63) is 61.8 Å². The quantitative estimate of drug-likeness (QED) is 0.416. The third-order valence-corrected chi connectivity index (χ3v) is 6.56. The summed E-state index contributed by atoms with van der Waals surface area (Å²) in [6.45, 7) is 0.286. The van der Waals surface area contributed by atoms with E-state index in [1.54, 1.807) is 5.38 Å². The molecule has 12 heteroatoms. The van der Waals surface area contributed by atoms with Gasteiger partial charge < -0.3 is 14.5 Å². The maximum Gasteiger partial charge on any atom is 0.333 e. The molecule has 0 saturated heterocycles. The number of carbonyl (C=O) groups excluding carboxylic acids is 1. The number of nitrogens with one attached hydrogen (secondary N) is 1. The molecule has 0 radical (unpaired) electrons. The highest BCUT2D eigenvalue weighted by Crippen LogP contribution is 2.34. The van der Waals surface area contributed by atoms with E-state index in [1.807, 2.05) is 0 Å². The molecule has 182 valence electrons. The van der Waals surface area contributed by atoms with Gasteiger partial charge in [-0.1, -0.05) is 0 Å². The molecule has 3 aromatic heterocycles. The number of amides is 1. The summed E-state index contributed by atoms with van der Waals surface area (Å²) < 4.78 is 41.6. The minimum atomic E-state index is -0.818. The van der Waals surface area contributed by atoms with Crippen LogP contribution < -0.4 is 21.3 Å². The van der Waals surface area contributed by atoms with Gasteiger partial charge in [-0.3, -0.25) is 18.7 Å². The van der Waals surface area contributed by atoms with Crippen LogP contribution in [-0.4, -0.2) is 26.6 Å². The van der Waals surface area contributed by atoms with Crippen LogP contribution in [0, 0.1) is 17.6 Å². The Morgan fingerprint density at radius 2 is 1.94 bits per heavy atom. The largest absolute Gasteiger partial charge is 0.487 e. The van der Waals surface area contributed by atoms with Gasteiger partial charge in [0.05, 0.1) is 25.0 Å². The van der Waals surface area contributed by atoms with E-state index < -0.39 is 34.5 Å². The second kappa shape index (κ2) is 8.77. The van der Waals surface area contributed by atoms with Gasteiger partial charge in [-0.25, -0.2) is 18.6 Å². The molecule has 5 rings (SSSR count). The van der Waals surface area contributed by atoms with Crippen LogP contribution in [0.15, 0.2) is 37.8 Å². The highest BCUT2D eigenvalue weighted by atomic mass is 32.1. The smallest absolute Gasteiger partial charge is 0.333 e. The molecule has 1 saturated carbocycles. The van der Waals surface area contributed by atoms with Gasteiger partial charge in [0, 0.05) is 30.6 Å².